The number of carbonyl (C=O) groups excluding carboxylic acids is 2. The lowest BCUT2D eigenvalue weighted by atomic mass is 9.88. The van der Waals surface area contributed by atoms with E-state index >= 15 is 0 Å². The fraction of sp³-hybridized carbons (Fsp3) is 0.867. The predicted octanol–water partition coefficient (Wildman–Crippen LogP) is 2.87. The van der Waals surface area contributed by atoms with E-state index in [1.165, 1.54) is 0 Å². The standard InChI is InChI=1S/C15H27N2O2/c1-11-7-6-8-12(2)17(11)14(19)16-13(10-18)9-15(3,4)5/h11-13H,6-9H2,1-5H3,(H,16,19)/t11-,12+,13-/m0/s1/i/hD. The van der Waals surface area contributed by atoms with Crippen LogP contribution in [-0.4, -0.2) is 35.3 Å². The van der Waals surface area contributed by atoms with Crippen LogP contribution in [0.15, 0.2) is 0 Å². The number of likely N-dealkylation sites (tertiary alicyclic amines) is 1. The Morgan fingerprint density at radius 1 is 1.42 bits per heavy atom. The van der Waals surface area contributed by atoms with E-state index in [2.05, 4.69) is 0 Å². The van der Waals surface area contributed by atoms with E-state index in [0.29, 0.717) is 6.42 Å². The van der Waals surface area contributed by atoms with Crippen molar-refractivity contribution in [1.29, 1.82) is 0 Å². The largest absolute Gasteiger partial charge is 0.328 e. The molecular formula is C15H27N2O2. The Kier molecular flexibility index (Phi) is 4.83. The molecule has 0 aromatic heterocycles. The molecule has 19 heavy (non-hydrogen) atoms. The first-order chi connectivity index (χ1) is 9.17. The van der Waals surface area contributed by atoms with Crippen LogP contribution in [0.25, 0.3) is 0 Å². The molecule has 2 amide bonds. The van der Waals surface area contributed by atoms with Gasteiger partial charge in [-0.25, -0.2) is 4.79 Å². The van der Waals surface area contributed by atoms with Crippen LogP contribution >= 0.6 is 0 Å². The van der Waals surface area contributed by atoms with Gasteiger partial charge in [0.1, 0.15) is 0 Å². The van der Waals surface area contributed by atoms with Crippen molar-refractivity contribution in [2.45, 2.75) is 78.4 Å². The van der Waals surface area contributed by atoms with Crippen LogP contribution in [0.5, 0.6) is 0 Å². The smallest absolute Gasteiger partial charge is 0.318 e. The summed E-state index contributed by atoms with van der Waals surface area (Å²) in [6.45, 7) is 9.97. The van der Waals surface area contributed by atoms with Crippen molar-refractivity contribution >= 4 is 12.3 Å². The molecule has 1 aliphatic heterocycles. The molecule has 1 rings (SSSR count). The van der Waals surface area contributed by atoms with Crippen LogP contribution in [-0.2, 0) is 4.79 Å². The van der Waals surface area contributed by atoms with Gasteiger partial charge in [0.15, 0.2) is 1.41 Å². The number of hydrogen-bond acceptors (Lipinski definition) is 2. The molecule has 1 radical (unpaired) electrons. The molecular weight excluding hydrogens is 240 g/mol. The summed E-state index contributed by atoms with van der Waals surface area (Å²) < 4.78 is 8.01. The Bertz CT molecular complexity index is 344. The van der Waals surface area contributed by atoms with Crippen molar-refractivity contribution in [3.8, 4) is 0 Å². The van der Waals surface area contributed by atoms with Gasteiger partial charge in [0.25, 0.3) is 0 Å². The first kappa shape index (κ1) is 14.4. The normalized spacial score (nSPS) is 26.6. The van der Waals surface area contributed by atoms with E-state index in [1.807, 2.05) is 40.9 Å². The third-order valence-electron chi connectivity index (χ3n) is 3.62. The van der Waals surface area contributed by atoms with E-state index in [9.17, 15) is 9.59 Å². The van der Waals surface area contributed by atoms with E-state index in [-0.39, 0.29) is 23.5 Å². The molecule has 0 aliphatic carbocycles. The zero-order chi connectivity index (χ0) is 15.5. The van der Waals surface area contributed by atoms with Gasteiger partial charge in [-0.2, -0.15) is 0 Å². The fourth-order valence-corrected chi connectivity index (χ4v) is 2.69. The molecule has 0 aromatic rings. The fourth-order valence-electron chi connectivity index (χ4n) is 2.69. The average Bonchev–Trinajstić information content (AvgIpc) is 2.33. The van der Waals surface area contributed by atoms with Crippen LogP contribution in [0.2, 0.25) is 1.41 Å². The highest BCUT2D eigenvalue weighted by molar-refractivity contribution is 5.79. The summed E-state index contributed by atoms with van der Waals surface area (Å²) in [6, 6.07) is -0.923. The molecule has 3 atom stereocenters. The maximum atomic E-state index is 12.5. The SMILES string of the molecule is [2H]N(C(=O)N1[C@H](C)CCC[C@@H]1C)[C@H]([C]=O)CC(C)(C)C. The number of amides is 2. The second-order valence-corrected chi connectivity index (χ2v) is 6.85. The molecule has 0 bridgehead atoms. The summed E-state index contributed by atoms with van der Waals surface area (Å²) in [5.41, 5.74) is -0.124. The minimum atomic E-state index is -0.802. The lowest BCUT2D eigenvalue weighted by molar-refractivity contribution is 0.120. The molecule has 0 spiro atoms. The Morgan fingerprint density at radius 3 is 2.37 bits per heavy atom. The number of carbonyl (C=O) groups is 1. The summed E-state index contributed by atoms with van der Waals surface area (Å²) in [5, 5.41) is 0.816. The molecule has 109 valence electrons. The molecule has 0 aromatic carbocycles. The monoisotopic (exact) mass is 268 g/mol. The number of rotatable bonds is 3. The number of nitrogens with zero attached hydrogens (tertiary/aromatic N) is 1. The predicted molar refractivity (Wildman–Crippen MR) is 76.7 cm³/mol. The lowest BCUT2D eigenvalue weighted by Crippen LogP contribution is -2.54. The second-order valence-electron chi connectivity index (χ2n) is 6.85. The summed E-state index contributed by atoms with van der Waals surface area (Å²) in [6.07, 6.45) is 5.32. The molecule has 1 saturated heterocycles. The minimum absolute atomic E-state index is 0.124. The van der Waals surface area contributed by atoms with Crippen LogP contribution in [0.1, 0.15) is 60.3 Å². The molecule has 1 aliphatic rings. The van der Waals surface area contributed by atoms with E-state index < -0.39 is 6.04 Å². The zero-order valence-electron chi connectivity index (χ0n) is 13.8. The van der Waals surface area contributed by atoms with E-state index in [0.717, 1.165) is 24.6 Å². The Balaban J connectivity index is 2.80. The maximum Gasteiger partial charge on any atom is 0.318 e. The summed E-state index contributed by atoms with van der Waals surface area (Å²) >= 11 is 0. The average molecular weight is 268 g/mol. The van der Waals surface area contributed by atoms with Gasteiger partial charge < -0.3 is 10.2 Å². The van der Waals surface area contributed by atoms with Gasteiger partial charge in [-0.05, 0) is 44.9 Å². The first-order valence-corrected chi connectivity index (χ1v) is 7.15. The highest BCUT2D eigenvalue weighted by Crippen LogP contribution is 2.23. The summed E-state index contributed by atoms with van der Waals surface area (Å²) in [4.78, 5) is 25.3. The van der Waals surface area contributed by atoms with Gasteiger partial charge in [-0.3, -0.25) is 4.79 Å². The van der Waals surface area contributed by atoms with Crippen molar-refractivity contribution in [3.63, 3.8) is 0 Å². The van der Waals surface area contributed by atoms with Gasteiger partial charge in [-0.1, -0.05) is 20.8 Å². The van der Waals surface area contributed by atoms with Crippen molar-refractivity contribution in [3.05, 3.63) is 0 Å². The minimum Gasteiger partial charge on any atom is -0.328 e. The molecule has 4 heteroatoms. The van der Waals surface area contributed by atoms with Crippen molar-refractivity contribution in [2.75, 3.05) is 0 Å². The number of piperidine rings is 1. The molecule has 1 heterocycles. The molecule has 4 nitrogen and oxygen atoms in total. The molecule has 0 saturated carbocycles. The number of urea groups is 1. The van der Waals surface area contributed by atoms with Crippen molar-refractivity contribution in [2.24, 2.45) is 5.41 Å². The number of nitrogens with one attached hydrogen (secondary N) is 1. The van der Waals surface area contributed by atoms with Gasteiger partial charge in [0.05, 0.1) is 6.04 Å². The Hall–Kier alpha value is -1.06. The quantitative estimate of drug-likeness (QED) is 0.855. The molecule has 1 fully saturated rings. The summed E-state index contributed by atoms with van der Waals surface area (Å²) in [7, 11) is 0. The summed E-state index contributed by atoms with van der Waals surface area (Å²) in [5.74, 6) is 0. The van der Waals surface area contributed by atoms with Crippen LogP contribution < -0.4 is 5.31 Å². The zero-order valence-corrected chi connectivity index (χ0v) is 12.8. The maximum absolute atomic E-state index is 12.5. The third-order valence-corrected chi connectivity index (χ3v) is 3.62. The lowest BCUT2D eigenvalue weighted by Gasteiger charge is -2.39. The Morgan fingerprint density at radius 2 is 1.95 bits per heavy atom. The first-order valence-electron chi connectivity index (χ1n) is 7.60. The topological polar surface area (TPSA) is 49.4 Å². The van der Waals surface area contributed by atoms with Crippen LogP contribution in [0.3, 0.4) is 0 Å². The highest BCUT2D eigenvalue weighted by atomic mass is 16.2. The van der Waals surface area contributed by atoms with Gasteiger partial charge in [-0.15, -0.1) is 0 Å². The molecule has 1 N–H and O–H groups in total. The number of hydrogen-bond donors (Lipinski definition) is 1. The molecule has 0 unspecified atom stereocenters. The van der Waals surface area contributed by atoms with Crippen molar-refractivity contribution in [1.82, 2.24) is 10.2 Å². The van der Waals surface area contributed by atoms with Crippen LogP contribution in [0.4, 0.5) is 4.79 Å². The van der Waals surface area contributed by atoms with Gasteiger partial charge in [0.2, 0.25) is 6.29 Å². The van der Waals surface area contributed by atoms with Gasteiger partial charge in [0, 0.05) is 12.1 Å². The second kappa shape index (κ2) is 6.40. The van der Waals surface area contributed by atoms with Crippen molar-refractivity contribution < 1.29 is 11.0 Å². The Labute approximate surface area is 118 Å². The highest BCUT2D eigenvalue weighted by Gasteiger charge is 2.31. The van der Waals surface area contributed by atoms with E-state index in [1.54, 1.807) is 4.90 Å². The van der Waals surface area contributed by atoms with E-state index in [4.69, 9.17) is 1.41 Å². The van der Waals surface area contributed by atoms with Crippen LogP contribution in [0, 0.1) is 5.41 Å². The van der Waals surface area contributed by atoms with Gasteiger partial charge >= 0.3 is 6.03 Å². The third kappa shape index (κ3) is 4.84.